The first-order valence-corrected chi connectivity index (χ1v) is 10.7. The average molecular weight is 404 g/mol. The minimum Gasteiger partial charge on any atom is -0.454 e. The van der Waals surface area contributed by atoms with E-state index in [0.29, 0.717) is 22.9 Å². The van der Waals surface area contributed by atoms with Crippen molar-refractivity contribution in [2.24, 2.45) is 0 Å². The van der Waals surface area contributed by atoms with Crippen molar-refractivity contribution in [1.29, 1.82) is 0 Å². The van der Waals surface area contributed by atoms with Crippen molar-refractivity contribution < 1.29 is 22.7 Å². The van der Waals surface area contributed by atoms with Crippen molar-refractivity contribution in [1.82, 2.24) is 0 Å². The van der Waals surface area contributed by atoms with Crippen LogP contribution in [-0.2, 0) is 20.2 Å². The average Bonchev–Trinajstić information content (AvgIpc) is 3.06. The smallest absolute Gasteiger partial charge is 0.245 e. The Morgan fingerprint density at radius 1 is 1.07 bits per heavy atom. The third-order valence-corrected chi connectivity index (χ3v) is 5.51. The van der Waals surface area contributed by atoms with Crippen molar-refractivity contribution in [3.63, 3.8) is 0 Å². The van der Waals surface area contributed by atoms with E-state index in [4.69, 9.17) is 9.47 Å². The number of carbonyl (C=O) groups is 1. The van der Waals surface area contributed by atoms with Gasteiger partial charge in [0, 0.05) is 11.8 Å². The molecule has 0 aromatic heterocycles. The number of sulfonamides is 1. The Morgan fingerprint density at radius 2 is 1.71 bits per heavy atom. The number of amides is 1. The fourth-order valence-corrected chi connectivity index (χ4v) is 3.69. The number of carbonyl (C=O) groups excluding carboxylic acids is 1. The van der Waals surface area contributed by atoms with Gasteiger partial charge in [0.15, 0.2) is 11.5 Å². The van der Waals surface area contributed by atoms with Crippen LogP contribution in [0.5, 0.6) is 11.5 Å². The number of anilines is 2. The van der Waals surface area contributed by atoms with E-state index in [1.54, 1.807) is 30.3 Å². The zero-order chi connectivity index (χ0) is 20.5. The van der Waals surface area contributed by atoms with Crippen LogP contribution in [0.25, 0.3) is 0 Å². The van der Waals surface area contributed by atoms with E-state index in [2.05, 4.69) is 26.1 Å². The highest BCUT2D eigenvalue weighted by Crippen LogP contribution is 2.34. The van der Waals surface area contributed by atoms with Gasteiger partial charge in [-0.05, 0) is 35.2 Å². The molecule has 150 valence electrons. The zero-order valence-corrected chi connectivity index (χ0v) is 17.2. The van der Waals surface area contributed by atoms with Crippen molar-refractivity contribution >= 4 is 27.3 Å². The van der Waals surface area contributed by atoms with Gasteiger partial charge in [0.25, 0.3) is 0 Å². The van der Waals surface area contributed by atoms with Gasteiger partial charge < -0.3 is 14.8 Å². The number of nitrogens with zero attached hydrogens (tertiary/aromatic N) is 1. The first-order valence-electron chi connectivity index (χ1n) is 8.82. The zero-order valence-electron chi connectivity index (χ0n) is 16.4. The van der Waals surface area contributed by atoms with Gasteiger partial charge in [0.05, 0.1) is 11.9 Å². The lowest BCUT2D eigenvalue weighted by atomic mass is 9.87. The molecule has 1 heterocycles. The van der Waals surface area contributed by atoms with Crippen LogP contribution in [0, 0.1) is 0 Å². The summed E-state index contributed by atoms with van der Waals surface area (Å²) in [6.45, 7) is 6.04. The first kappa shape index (κ1) is 20.0. The summed E-state index contributed by atoms with van der Waals surface area (Å²) in [4.78, 5) is 12.5. The summed E-state index contributed by atoms with van der Waals surface area (Å²) in [7, 11) is -3.64. The van der Waals surface area contributed by atoms with Gasteiger partial charge in [-0.15, -0.1) is 0 Å². The number of hydrogen-bond donors (Lipinski definition) is 1. The number of hydrogen-bond acceptors (Lipinski definition) is 5. The predicted molar refractivity (Wildman–Crippen MR) is 109 cm³/mol. The first-order chi connectivity index (χ1) is 13.0. The molecule has 3 rings (SSSR count). The fraction of sp³-hybridized carbons (Fsp3) is 0.350. The van der Waals surface area contributed by atoms with E-state index in [0.717, 1.165) is 16.1 Å². The Morgan fingerprint density at radius 3 is 2.32 bits per heavy atom. The lowest BCUT2D eigenvalue weighted by molar-refractivity contribution is -0.114. The molecule has 28 heavy (non-hydrogen) atoms. The molecular formula is C20H24N2O5S. The monoisotopic (exact) mass is 404 g/mol. The van der Waals surface area contributed by atoms with Crippen LogP contribution in [0.4, 0.5) is 11.4 Å². The molecule has 1 aliphatic heterocycles. The van der Waals surface area contributed by atoms with Gasteiger partial charge >= 0.3 is 0 Å². The minimum absolute atomic E-state index is 0.0504. The summed E-state index contributed by atoms with van der Waals surface area (Å²) in [5, 5.41) is 2.70. The summed E-state index contributed by atoms with van der Waals surface area (Å²) in [5.74, 6) is 0.689. The molecule has 0 saturated carbocycles. The molecule has 8 heteroatoms. The quantitative estimate of drug-likeness (QED) is 0.828. The molecule has 7 nitrogen and oxygen atoms in total. The van der Waals surface area contributed by atoms with Gasteiger partial charge in [0.2, 0.25) is 22.7 Å². The third-order valence-electron chi connectivity index (χ3n) is 4.37. The summed E-state index contributed by atoms with van der Waals surface area (Å²) in [5.41, 5.74) is 1.97. The standard InChI is InChI=1S/C20H24N2O5S/c1-20(2,3)14-5-8-16(9-6-14)22(28(4,24)25)12-19(23)21-15-7-10-17-18(11-15)27-13-26-17/h5-11H,12-13H2,1-4H3,(H,21,23). The second-order valence-electron chi connectivity index (χ2n) is 7.68. The van der Waals surface area contributed by atoms with E-state index in [9.17, 15) is 13.2 Å². The number of rotatable bonds is 5. The SMILES string of the molecule is CC(C)(C)c1ccc(N(CC(=O)Nc2ccc3c(c2)OCO3)S(C)(=O)=O)cc1. The highest BCUT2D eigenvalue weighted by Gasteiger charge is 2.22. The van der Waals surface area contributed by atoms with E-state index >= 15 is 0 Å². The van der Waals surface area contributed by atoms with Crippen molar-refractivity contribution in [2.45, 2.75) is 26.2 Å². The molecule has 1 N–H and O–H groups in total. The molecule has 0 spiro atoms. The fourth-order valence-electron chi connectivity index (χ4n) is 2.83. The van der Waals surface area contributed by atoms with Crippen LogP contribution in [0.1, 0.15) is 26.3 Å². The van der Waals surface area contributed by atoms with Crippen molar-refractivity contribution in [3.8, 4) is 11.5 Å². The third kappa shape index (κ3) is 4.56. The maximum Gasteiger partial charge on any atom is 0.245 e. The van der Waals surface area contributed by atoms with Crippen LogP contribution >= 0.6 is 0 Å². The molecule has 0 bridgehead atoms. The number of nitrogens with one attached hydrogen (secondary N) is 1. The molecule has 2 aromatic rings. The van der Waals surface area contributed by atoms with E-state index in [-0.39, 0.29) is 18.8 Å². The molecule has 0 radical (unpaired) electrons. The summed E-state index contributed by atoms with van der Waals surface area (Å²) in [6.07, 6.45) is 1.08. The molecule has 2 aromatic carbocycles. The molecular weight excluding hydrogens is 380 g/mol. The maximum atomic E-state index is 12.5. The van der Waals surface area contributed by atoms with Crippen molar-refractivity contribution in [2.75, 3.05) is 29.2 Å². The van der Waals surface area contributed by atoms with Crippen LogP contribution in [0.2, 0.25) is 0 Å². The molecule has 0 aliphatic carbocycles. The van der Waals surface area contributed by atoms with Gasteiger partial charge in [-0.25, -0.2) is 8.42 Å². The Labute approximate surface area is 165 Å². The highest BCUT2D eigenvalue weighted by atomic mass is 32.2. The topological polar surface area (TPSA) is 84.9 Å². The Hall–Kier alpha value is -2.74. The van der Waals surface area contributed by atoms with Gasteiger partial charge in [-0.3, -0.25) is 9.10 Å². The number of ether oxygens (including phenoxy) is 2. The van der Waals surface area contributed by atoms with Gasteiger partial charge in [0.1, 0.15) is 6.54 Å². The van der Waals surface area contributed by atoms with Crippen molar-refractivity contribution in [3.05, 3.63) is 48.0 Å². The van der Waals surface area contributed by atoms with Crippen LogP contribution < -0.4 is 19.1 Å². The number of fused-ring (bicyclic) bond motifs is 1. The minimum atomic E-state index is -3.64. The maximum absolute atomic E-state index is 12.5. The summed E-state index contributed by atoms with van der Waals surface area (Å²) in [6, 6.07) is 12.2. The van der Waals surface area contributed by atoms with Crippen LogP contribution in [0.3, 0.4) is 0 Å². The van der Waals surface area contributed by atoms with Gasteiger partial charge in [-0.1, -0.05) is 32.9 Å². The normalized spacial score (nSPS) is 13.3. The Kier molecular flexibility index (Phi) is 5.25. The lowest BCUT2D eigenvalue weighted by Crippen LogP contribution is -2.37. The molecule has 0 atom stereocenters. The van der Waals surface area contributed by atoms with Gasteiger partial charge in [-0.2, -0.15) is 0 Å². The second-order valence-corrected chi connectivity index (χ2v) is 9.59. The molecule has 1 amide bonds. The van der Waals surface area contributed by atoms with E-state index in [1.165, 1.54) is 0 Å². The van der Waals surface area contributed by atoms with Crippen LogP contribution in [0.15, 0.2) is 42.5 Å². The predicted octanol–water partition coefficient (Wildman–Crippen LogP) is 3.12. The van der Waals surface area contributed by atoms with E-state index < -0.39 is 15.9 Å². The second kappa shape index (κ2) is 7.35. The van der Waals surface area contributed by atoms with E-state index in [1.807, 2.05) is 12.1 Å². The molecule has 0 unspecified atom stereocenters. The molecule has 0 fully saturated rings. The number of benzene rings is 2. The Balaban J connectivity index is 1.76. The Bertz CT molecular complexity index is 979. The summed E-state index contributed by atoms with van der Waals surface area (Å²) < 4.78 is 36.1. The lowest BCUT2D eigenvalue weighted by Gasteiger charge is -2.24. The summed E-state index contributed by atoms with van der Waals surface area (Å²) >= 11 is 0. The largest absolute Gasteiger partial charge is 0.454 e. The van der Waals surface area contributed by atoms with Crippen LogP contribution in [-0.4, -0.2) is 33.9 Å². The molecule has 0 saturated heterocycles. The highest BCUT2D eigenvalue weighted by molar-refractivity contribution is 7.92. The molecule has 1 aliphatic rings.